The summed E-state index contributed by atoms with van der Waals surface area (Å²) in [6.45, 7) is 2.11. The SMILES string of the molecule is CCc1ccc(N2C(=O)[C@@H]3[C@H](C2=O)[C@H]2C=C[C@H]3C2=C2CCCCC2)cc1. The molecule has 1 aromatic rings. The van der Waals surface area contributed by atoms with Crippen molar-refractivity contribution in [2.75, 3.05) is 4.90 Å². The quantitative estimate of drug-likeness (QED) is 0.586. The maximum atomic E-state index is 13.2. The largest absolute Gasteiger partial charge is 0.274 e. The smallest absolute Gasteiger partial charge is 0.238 e. The Labute approximate surface area is 154 Å². The van der Waals surface area contributed by atoms with E-state index in [1.54, 1.807) is 5.57 Å². The van der Waals surface area contributed by atoms with Crippen LogP contribution in [0.2, 0.25) is 0 Å². The van der Waals surface area contributed by atoms with E-state index >= 15 is 0 Å². The monoisotopic (exact) mass is 347 g/mol. The zero-order valence-electron chi connectivity index (χ0n) is 15.3. The summed E-state index contributed by atoms with van der Waals surface area (Å²) in [5, 5.41) is 0. The Kier molecular flexibility index (Phi) is 3.66. The summed E-state index contributed by atoms with van der Waals surface area (Å²) in [6, 6.07) is 7.88. The van der Waals surface area contributed by atoms with E-state index in [2.05, 4.69) is 19.1 Å². The van der Waals surface area contributed by atoms with Gasteiger partial charge in [-0.25, -0.2) is 4.90 Å². The van der Waals surface area contributed by atoms with Crippen molar-refractivity contribution in [2.24, 2.45) is 23.7 Å². The Bertz CT molecular complexity index is 790. The Balaban J connectivity index is 1.49. The highest BCUT2D eigenvalue weighted by Gasteiger charge is 2.62. The highest BCUT2D eigenvalue weighted by molar-refractivity contribution is 6.23. The number of benzene rings is 1. The van der Waals surface area contributed by atoms with E-state index in [1.807, 2.05) is 24.3 Å². The van der Waals surface area contributed by atoms with Gasteiger partial charge in [0.15, 0.2) is 0 Å². The van der Waals surface area contributed by atoms with E-state index in [9.17, 15) is 9.59 Å². The summed E-state index contributed by atoms with van der Waals surface area (Å²) in [4.78, 5) is 27.9. The molecule has 2 amide bonds. The molecule has 1 heterocycles. The van der Waals surface area contributed by atoms with Crippen LogP contribution in [0.25, 0.3) is 0 Å². The second-order valence-electron chi connectivity index (χ2n) is 8.14. The van der Waals surface area contributed by atoms with Crippen LogP contribution in [0.4, 0.5) is 5.69 Å². The first kappa shape index (κ1) is 16.0. The second kappa shape index (κ2) is 5.94. The number of hydrogen-bond donors (Lipinski definition) is 0. The van der Waals surface area contributed by atoms with Crippen molar-refractivity contribution in [3.8, 4) is 0 Å². The van der Waals surface area contributed by atoms with E-state index < -0.39 is 0 Å². The Morgan fingerprint density at radius 1 is 0.885 bits per heavy atom. The van der Waals surface area contributed by atoms with Gasteiger partial charge in [0.2, 0.25) is 11.8 Å². The van der Waals surface area contributed by atoms with Gasteiger partial charge in [-0.15, -0.1) is 0 Å². The van der Waals surface area contributed by atoms with Crippen LogP contribution in [0.1, 0.15) is 44.6 Å². The average Bonchev–Trinajstić information content (AvgIpc) is 3.32. The molecule has 0 aromatic heterocycles. The van der Waals surface area contributed by atoms with Crippen molar-refractivity contribution in [1.82, 2.24) is 0 Å². The minimum absolute atomic E-state index is 0.00927. The molecule has 0 unspecified atom stereocenters. The standard InChI is InChI=1S/C23H25NO2/c1-2-14-8-10-16(11-9-14)24-22(25)20-17-12-13-18(21(20)23(24)26)19(17)15-6-4-3-5-7-15/h8-13,17-18,20-21H,2-7H2,1H3/t17-,18-,20-,21+/m0/s1. The fraction of sp³-hybridized carbons (Fsp3) is 0.478. The average molecular weight is 347 g/mol. The molecular formula is C23H25NO2. The first-order valence-corrected chi connectivity index (χ1v) is 10.1. The third-order valence-electron chi connectivity index (χ3n) is 6.88. The van der Waals surface area contributed by atoms with Gasteiger partial charge in [-0.3, -0.25) is 9.59 Å². The van der Waals surface area contributed by atoms with Crippen LogP contribution in [0.5, 0.6) is 0 Å². The van der Waals surface area contributed by atoms with Crippen LogP contribution in [-0.2, 0) is 16.0 Å². The summed E-state index contributed by atoms with van der Waals surface area (Å²) in [6.07, 6.45) is 11.5. The van der Waals surface area contributed by atoms with Crippen molar-refractivity contribution in [3.05, 3.63) is 53.1 Å². The maximum Gasteiger partial charge on any atom is 0.238 e. The molecule has 134 valence electrons. The van der Waals surface area contributed by atoms with Crippen LogP contribution in [0, 0.1) is 23.7 Å². The molecular weight excluding hydrogens is 322 g/mol. The summed E-state index contributed by atoms with van der Waals surface area (Å²) < 4.78 is 0. The number of anilines is 1. The molecule has 1 saturated heterocycles. The minimum Gasteiger partial charge on any atom is -0.274 e. The highest BCUT2D eigenvalue weighted by Crippen LogP contribution is 2.58. The molecule has 3 heteroatoms. The third-order valence-corrected chi connectivity index (χ3v) is 6.88. The highest BCUT2D eigenvalue weighted by atomic mass is 16.2. The van der Waals surface area contributed by atoms with E-state index in [0.29, 0.717) is 0 Å². The number of carbonyl (C=O) groups excluding carboxylic acids is 2. The normalized spacial score (nSPS) is 32.7. The number of aryl methyl sites for hydroxylation is 1. The third kappa shape index (κ3) is 2.12. The number of nitrogens with zero attached hydrogens (tertiary/aromatic N) is 1. The van der Waals surface area contributed by atoms with Gasteiger partial charge in [0.1, 0.15) is 0 Å². The summed E-state index contributed by atoms with van der Waals surface area (Å²) >= 11 is 0. The van der Waals surface area contributed by atoms with E-state index in [1.165, 1.54) is 35.3 Å². The predicted molar refractivity (Wildman–Crippen MR) is 102 cm³/mol. The fourth-order valence-electron chi connectivity index (χ4n) is 5.64. The molecule has 3 nitrogen and oxygen atoms in total. The molecule has 3 aliphatic carbocycles. The van der Waals surface area contributed by atoms with Crippen LogP contribution in [0.3, 0.4) is 0 Å². The van der Waals surface area contributed by atoms with Gasteiger partial charge in [-0.2, -0.15) is 0 Å². The number of hydrogen-bond acceptors (Lipinski definition) is 2. The fourth-order valence-corrected chi connectivity index (χ4v) is 5.64. The molecule has 0 spiro atoms. The molecule has 5 rings (SSSR count). The predicted octanol–water partition coefficient (Wildman–Crippen LogP) is 4.43. The Hall–Kier alpha value is -2.16. The lowest BCUT2D eigenvalue weighted by atomic mass is 9.85. The number of allylic oxidation sites excluding steroid dienone is 4. The number of rotatable bonds is 2. The maximum absolute atomic E-state index is 13.2. The minimum atomic E-state index is -0.173. The van der Waals surface area contributed by atoms with Gasteiger partial charge < -0.3 is 0 Å². The van der Waals surface area contributed by atoms with Gasteiger partial charge in [-0.1, -0.05) is 48.8 Å². The van der Waals surface area contributed by atoms with E-state index in [-0.39, 0.29) is 35.5 Å². The van der Waals surface area contributed by atoms with Crippen LogP contribution >= 0.6 is 0 Å². The summed E-state index contributed by atoms with van der Waals surface area (Å²) in [5.41, 5.74) is 4.93. The van der Waals surface area contributed by atoms with Gasteiger partial charge >= 0.3 is 0 Å². The molecule has 0 N–H and O–H groups in total. The number of imide groups is 1. The molecule has 2 bridgehead atoms. The number of amides is 2. The van der Waals surface area contributed by atoms with E-state index in [0.717, 1.165) is 24.9 Å². The Morgan fingerprint density at radius 3 is 2.00 bits per heavy atom. The lowest BCUT2D eigenvalue weighted by molar-refractivity contribution is -0.122. The van der Waals surface area contributed by atoms with Crippen molar-refractivity contribution >= 4 is 17.5 Å². The molecule has 1 aliphatic heterocycles. The van der Waals surface area contributed by atoms with Crippen molar-refractivity contribution in [3.63, 3.8) is 0 Å². The molecule has 26 heavy (non-hydrogen) atoms. The van der Waals surface area contributed by atoms with Gasteiger partial charge in [0.05, 0.1) is 17.5 Å². The molecule has 3 fully saturated rings. The van der Waals surface area contributed by atoms with Gasteiger partial charge in [0.25, 0.3) is 0 Å². The van der Waals surface area contributed by atoms with Crippen molar-refractivity contribution in [2.45, 2.75) is 45.4 Å². The van der Waals surface area contributed by atoms with E-state index in [4.69, 9.17) is 0 Å². The first-order valence-electron chi connectivity index (χ1n) is 10.1. The number of carbonyl (C=O) groups is 2. The lowest BCUT2D eigenvalue weighted by Gasteiger charge is -2.23. The summed E-state index contributed by atoms with van der Waals surface area (Å²) in [5.74, 6) is -0.00509. The van der Waals surface area contributed by atoms with Gasteiger partial charge in [0, 0.05) is 11.8 Å². The number of fused-ring (bicyclic) bond motifs is 5. The summed E-state index contributed by atoms with van der Waals surface area (Å²) in [7, 11) is 0. The molecule has 1 aromatic carbocycles. The van der Waals surface area contributed by atoms with Crippen molar-refractivity contribution in [1.29, 1.82) is 0 Å². The molecule has 4 aliphatic rings. The molecule has 0 radical (unpaired) electrons. The molecule has 4 atom stereocenters. The molecule has 2 saturated carbocycles. The second-order valence-corrected chi connectivity index (χ2v) is 8.14. The lowest BCUT2D eigenvalue weighted by Crippen LogP contribution is -2.33. The van der Waals surface area contributed by atoms with Crippen LogP contribution in [0.15, 0.2) is 47.6 Å². The Morgan fingerprint density at radius 2 is 1.46 bits per heavy atom. The van der Waals surface area contributed by atoms with Gasteiger partial charge in [-0.05, 0) is 49.8 Å². The van der Waals surface area contributed by atoms with Crippen LogP contribution in [-0.4, -0.2) is 11.8 Å². The van der Waals surface area contributed by atoms with Crippen LogP contribution < -0.4 is 4.90 Å². The first-order chi connectivity index (χ1) is 12.7. The van der Waals surface area contributed by atoms with Crippen molar-refractivity contribution < 1.29 is 9.59 Å². The zero-order valence-corrected chi connectivity index (χ0v) is 15.3. The zero-order chi connectivity index (χ0) is 17.8. The topological polar surface area (TPSA) is 37.4 Å².